The average molecular weight is 373 g/mol. The van der Waals surface area contributed by atoms with Gasteiger partial charge >= 0.3 is 0 Å². The lowest BCUT2D eigenvalue weighted by Crippen LogP contribution is -2.30. The summed E-state index contributed by atoms with van der Waals surface area (Å²) in [5.41, 5.74) is 1.65. The Labute approximate surface area is 154 Å². The summed E-state index contributed by atoms with van der Waals surface area (Å²) < 4.78 is 12.3. The molecule has 4 rings (SSSR count). The van der Waals surface area contributed by atoms with E-state index in [9.17, 15) is 9.59 Å². The monoisotopic (exact) mass is 373 g/mol. The highest BCUT2D eigenvalue weighted by atomic mass is 32.2. The molecule has 0 saturated carbocycles. The maximum atomic E-state index is 12.3. The van der Waals surface area contributed by atoms with Gasteiger partial charge in [-0.05, 0) is 24.1 Å². The van der Waals surface area contributed by atoms with Crippen LogP contribution in [0.2, 0.25) is 0 Å². The van der Waals surface area contributed by atoms with Gasteiger partial charge in [0.15, 0.2) is 16.7 Å². The molecule has 8 heteroatoms. The minimum atomic E-state index is -0.155. The Kier molecular flexibility index (Phi) is 4.58. The van der Waals surface area contributed by atoms with Gasteiger partial charge in [-0.1, -0.05) is 24.8 Å². The molecule has 1 N–H and O–H groups in total. The quantitative estimate of drug-likeness (QED) is 0.806. The Morgan fingerprint density at radius 3 is 3.04 bits per heavy atom. The number of nitrogens with one attached hydrogen (secondary N) is 1. The molecule has 26 heavy (non-hydrogen) atoms. The van der Waals surface area contributed by atoms with Gasteiger partial charge in [-0.2, -0.15) is 0 Å². The first-order valence-electron chi connectivity index (χ1n) is 8.54. The van der Waals surface area contributed by atoms with Gasteiger partial charge in [-0.3, -0.25) is 14.2 Å². The number of carbonyl (C=O) groups is 1. The topological polar surface area (TPSA) is 82.5 Å². The van der Waals surface area contributed by atoms with Crippen molar-refractivity contribution in [3.63, 3.8) is 0 Å². The molecule has 0 bridgehead atoms. The third kappa shape index (κ3) is 3.29. The second kappa shape index (κ2) is 7.03. The fourth-order valence-electron chi connectivity index (χ4n) is 3.07. The second-order valence-corrected chi connectivity index (χ2v) is 7.21. The standard InChI is InChI=1S/C18H19N3O4S/c1-2-12-6-17(23)21-13(9-26-18(21)20-12)7-16(22)19-8-11-3-4-14-15(5-11)25-10-24-14/h3-6,13H,2,7-10H2,1H3,(H,19,22). The lowest BCUT2D eigenvalue weighted by atomic mass is 10.2. The van der Waals surface area contributed by atoms with E-state index in [0.29, 0.717) is 23.2 Å². The van der Waals surface area contributed by atoms with Crippen LogP contribution in [-0.2, 0) is 17.8 Å². The van der Waals surface area contributed by atoms with Gasteiger partial charge in [0, 0.05) is 30.5 Å². The van der Waals surface area contributed by atoms with E-state index in [-0.39, 0.29) is 30.7 Å². The van der Waals surface area contributed by atoms with Crippen LogP contribution in [0.25, 0.3) is 0 Å². The Bertz CT molecular complexity index is 912. The molecule has 1 aromatic carbocycles. The van der Waals surface area contributed by atoms with E-state index in [1.165, 1.54) is 11.8 Å². The van der Waals surface area contributed by atoms with E-state index in [1.54, 1.807) is 10.6 Å². The van der Waals surface area contributed by atoms with Crippen LogP contribution in [0.4, 0.5) is 0 Å². The number of thioether (sulfide) groups is 1. The third-order valence-corrected chi connectivity index (χ3v) is 5.55. The number of hydrogen-bond donors (Lipinski definition) is 1. The summed E-state index contributed by atoms with van der Waals surface area (Å²) >= 11 is 1.53. The average Bonchev–Trinajstić information content (AvgIpc) is 3.26. The third-order valence-electron chi connectivity index (χ3n) is 4.45. The van der Waals surface area contributed by atoms with Crippen molar-refractivity contribution in [1.29, 1.82) is 0 Å². The minimum Gasteiger partial charge on any atom is -0.454 e. The van der Waals surface area contributed by atoms with Gasteiger partial charge in [0.25, 0.3) is 5.56 Å². The summed E-state index contributed by atoms with van der Waals surface area (Å²) in [5, 5.41) is 3.62. The molecule has 1 amide bonds. The molecule has 0 spiro atoms. The summed E-state index contributed by atoms with van der Waals surface area (Å²) in [6.07, 6.45) is 0.988. The number of rotatable bonds is 5. The summed E-state index contributed by atoms with van der Waals surface area (Å²) in [5.74, 6) is 2.01. The Morgan fingerprint density at radius 2 is 2.19 bits per heavy atom. The van der Waals surface area contributed by atoms with Gasteiger partial charge < -0.3 is 14.8 Å². The number of hydrogen-bond acceptors (Lipinski definition) is 6. The molecule has 1 unspecified atom stereocenters. The Hall–Kier alpha value is -2.48. The SMILES string of the molecule is CCc1cc(=O)n2c(n1)SCC2CC(=O)NCc1ccc2c(c1)OCO2. The number of nitrogens with zero attached hydrogens (tertiary/aromatic N) is 2. The smallest absolute Gasteiger partial charge is 0.254 e. The maximum Gasteiger partial charge on any atom is 0.254 e. The van der Waals surface area contributed by atoms with Crippen LogP contribution in [0, 0.1) is 0 Å². The Morgan fingerprint density at radius 1 is 1.35 bits per heavy atom. The van der Waals surface area contributed by atoms with Crippen molar-refractivity contribution in [2.24, 2.45) is 0 Å². The zero-order valence-corrected chi connectivity index (χ0v) is 15.2. The van der Waals surface area contributed by atoms with Crippen molar-refractivity contribution in [2.75, 3.05) is 12.5 Å². The number of aromatic nitrogens is 2. The van der Waals surface area contributed by atoms with Gasteiger partial charge in [0.2, 0.25) is 12.7 Å². The highest BCUT2D eigenvalue weighted by Gasteiger charge is 2.27. The van der Waals surface area contributed by atoms with Crippen LogP contribution >= 0.6 is 11.8 Å². The molecule has 2 aliphatic rings. The first-order chi connectivity index (χ1) is 12.6. The lowest BCUT2D eigenvalue weighted by Gasteiger charge is -2.13. The van der Waals surface area contributed by atoms with E-state index >= 15 is 0 Å². The van der Waals surface area contributed by atoms with Crippen molar-refractivity contribution in [2.45, 2.75) is 37.5 Å². The zero-order valence-electron chi connectivity index (χ0n) is 14.4. The van der Waals surface area contributed by atoms with Crippen LogP contribution in [0.15, 0.2) is 34.2 Å². The van der Waals surface area contributed by atoms with Crippen LogP contribution in [-0.4, -0.2) is 28.0 Å². The second-order valence-electron chi connectivity index (χ2n) is 6.23. The van der Waals surface area contributed by atoms with E-state index in [0.717, 1.165) is 23.4 Å². The molecule has 2 aliphatic heterocycles. The molecule has 0 aliphatic carbocycles. The summed E-state index contributed by atoms with van der Waals surface area (Å²) in [7, 11) is 0. The number of fused-ring (bicyclic) bond motifs is 2. The predicted octanol–water partition coefficient (Wildman–Crippen LogP) is 1.89. The molecule has 1 atom stereocenters. The van der Waals surface area contributed by atoms with Gasteiger partial charge in [0.1, 0.15) is 0 Å². The number of ether oxygens (including phenoxy) is 2. The highest BCUT2D eigenvalue weighted by Crippen LogP contribution is 2.33. The van der Waals surface area contributed by atoms with E-state index in [1.807, 2.05) is 25.1 Å². The molecule has 0 fully saturated rings. The molecular formula is C18H19N3O4S. The lowest BCUT2D eigenvalue weighted by molar-refractivity contribution is -0.121. The molecule has 2 aromatic rings. The van der Waals surface area contributed by atoms with Gasteiger partial charge in [0.05, 0.1) is 6.04 Å². The maximum absolute atomic E-state index is 12.3. The molecule has 136 valence electrons. The van der Waals surface area contributed by atoms with Crippen LogP contribution in [0.3, 0.4) is 0 Å². The molecule has 3 heterocycles. The van der Waals surface area contributed by atoms with Crippen LogP contribution in [0.1, 0.15) is 30.6 Å². The molecule has 1 aromatic heterocycles. The van der Waals surface area contributed by atoms with Gasteiger partial charge in [-0.15, -0.1) is 0 Å². The largest absolute Gasteiger partial charge is 0.454 e. The van der Waals surface area contributed by atoms with Crippen molar-refractivity contribution in [1.82, 2.24) is 14.9 Å². The molecule has 0 saturated heterocycles. The molecular weight excluding hydrogens is 354 g/mol. The zero-order chi connectivity index (χ0) is 18.1. The van der Waals surface area contributed by atoms with Crippen molar-refractivity contribution >= 4 is 17.7 Å². The highest BCUT2D eigenvalue weighted by molar-refractivity contribution is 7.99. The summed E-state index contributed by atoms with van der Waals surface area (Å²) in [4.78, 5) is 29.1. The number of benzene rings is 1. The van der Waals surface area contributed by atoms with Crippen LogP contribution < -0.4 is 20.3 Å². The molecule has 7 nitrogen and oxygen atoms in total. The van der Waals surface area contributed by atoms with E-state index in [2.05, 4.69) is 10.3 Å². The molecule has 0 radical (unpaired) electrons. The number of aryl methyl sites for hydroxylation is 1. The van der Waals surface area contributed by atoms with Crippen molar-refractivity contribution < 1.29 is 14.3 Å². The van der Waals surface area contributed by atoms with Crippen LogP contribution in [0.5, 0.6) is 11.5 Å². The first kappa shape index (κ1) is 17.0. The van der Waals surface area contributed by atoms with Gasteiger partial charge in [-0.25, -0.2) is 4.98 Å². The fourth-order valence-corrected chi connectivity index (χ4v) is 4.24. The number of amides is 1. The minimum absolute atomic E-state index is 0.0783. The predicted molar refractivity (Wildman–Crippen MR) is 96.7 cm³/mol. The fraction of sp³-hybridized carbons (Fsp3) is 0.389. The van der Waals surface area contributed by atoms with Crippen molar-refractivity contribution in [3.05, 3.63) is 45.9 Å². The summed E-state index contributed by atoms with van der Waals surface area (Å²) in [6, 6.07) is 7.01. The van der Waals surface area contributed by atoms with Crippen molar-refractivity contribution in [3.8, 4) is 11.5 Å². The Balaban J connectivity index is 1.39. The van der Waals surface area contributed by atoms with E-state index < -0.39 is 0 Å². The summed E-state index contributed by atoms with van der Waals surface area (Å²) in [6.45, 7) is 2.61. The normalized spacial score (nSPS) is 17.2. The first-order valence-corrected chi connectivity index (χ1v) is 9.53. The van der Waals surface area contributed by atoms with E-state index in [4.69, 9.17) is 9.47 Å². The number of carbonyl (C=O) groups excluding carboxylic acids is 1.